The summed E-state index contributed by atoms with van der Waals surface area (Å²) in [7, 11) is 8.80. The zero-order valence-electron chi connectivity index (χ0n) is 19.0. The summed E-state index contributed by atoms with van der Waals surface area (Å²) in [5.41, 5.74) is 4.39. The minimum absolute atomic E-state index is 0. The number of halogens is 1. The van der Waals surface area contributed by atoms with Crippen molar-refractivity contribution in [1.29, 1.82) is 0 Å². The van der Waals surface area contributed by atoms with Crippen molar-refractivity contribution in [1.82, 2.24) is 20.0 Å². The molecule has 1 aromatic heterocycles. The van der Waals surface area contributed by atoms with Gasteiger partial charge in [0.1, 0.15) is 11.5 Å². The highest BCUT2D eigenvalue weighted by Crippen LogP contribution is 2.25. The van der Waals surface area contributed by atoms with Crippen molar-refractivity contribution in [3.63, 3.8) is 0 Å². The second kappa shape index (κ2) is 12.6. The second-order valence-electron chi connectivity index (χ2n) is 6.80. The SMILES string of the molecule is CN=C(NCc1c(C)nn(CCOC)c1C)N(C)Cc1ccc(OC)cc1OC.I. The molecule has 0 saturated heterocycles. The molecule has 0 atom stereocenters. The van der Waals surface area contributed by atoms with Gasteiger partial charge in [0.15, 0.2) is 5.96 Å². The standard InChI is InChI=1S/C21H33N5O3.HI/c1-15-19(16(2)26(24-15)10-11-27-5)13-23-21(22-3)25(4)14-17-8-9-18(28-6)12-20(17)29-7;/h8-9,12H,10-11,13-14H2,1-7H3,(H,22,23);1H. The summed E-state index contributed by atoms with van der Waals surface area (Å²) in [6.45, 7) is 6.81. The summed E-state index contributed by atoms with van der Waals surface area (Å²) in [6.07, 6.45) is 0. The molecule has 30 heavy (non-hydrogen) atoms. The fraction of sp³-hybridized carbons (Fsp3) is 0.524. The predicted octanol–water partition coefficient (Wildman–Crippen LogP) is 2.99. The fourth-order valence-electron chi connectivity index (χ4n) is 3.25. The van der Waals surface area contributed by atoms with Crippen LogP contribution in [0.2, 0.25) is 0 Å². The third kappa shape index (κ3) is 6.49. The van der Waals surface area contributed by atoms with Crippen LogP contribution in [0.3, 0.4) is 0 Å². The van der Waals surface area contributed by atoms with E-state index in [1.165, 1.54) is 5.56 Å². The lowest BCUT2D eigenvalue weighted by Crippen LogP contribution is -2.38. The van der Waals surface area contributed by atoms with E-state index in [1.807, 2.05) is 36.9 Å². The minimum Gasteiger partial charge on any atom is -0.497 e. The molecule has 0 aliphatic rings. The predicted molar refractivity (Wildman–Crippen MR) is 130 cm³/mol. The molecule has 1 N–H and O–H groups in total. The van der Waals surface area contributed by atoms with Crippen LogP contribution in [-0.4, -0.2) is 62.7 Å². The van der Waals surface area contributed by atoms with E-state index in [0.717, 1.165) is 41.0 Å². The first kappa shape index (κ1) is 26.0. The average Bonchev–Trinajstić information content (AvgIpc) is 3.00. The molecule has 8 nitrogen and oxygen atoms in total. The number of nitrogens with one attached hydrogen (secondary N) is 1. The van der Waals surface area contributed by atoms with Crippen LogP contribution >= 0.6 is 24.0 Å². The number of methoxy groups -OCH3 is 3. The van der Waals surface area contributed by atoms with E-state index in [0.29, 0.717) is 19.7 Å². The van der Waals surface area contributed by atoms with Crippen LogP contribution in [0.1, 0.15) is 22.5 Å². The maximum atomic E-state index is 5.51. The molecule has 1 heterocycles. The zero-order chi connectivity index (χ0) is 21.4. The van der Waals surface area contributed by atoms with Gasteiger partial charge in [-0.2, -0.15) is 5.10 Å². The van der Waals surface area contributed by atoms with Crippen LogP contribution in [0.25, 0.3) is 0 Å². The molecule has 0 fully saturated rings. The number of nitrogens with zero attached hydrogens (tertiary/aromatic N) is 4. The van der Waals surface area contributed by atoms with Crippen molar-refractivity contribution in [2.45, 2.75) is 33.5 Å². The topological polar surface area (TPSA) is 73.1 Å². The summed E-state index contributed by atoms with van der Waals surface area (Å²) in [4.78, 5) is 6.48. The van der Waals surface area contributed by atoms with Crippen molar-refractivity contribution in [2.75, 3.05) is 42.0 Å². The number of hydrogen-bond donors (Lipinski definition) is 1. The molecule has 2 rings (SSSR count). The third-order valence-electron chi connectivity index (χ3n) is 4.94. The molecular formula is C21H34IN5O3. The first-order chi connectivity index (χ1) is 13.9. The number of aromatic nitrogens is 2. The molecule has 0 aliphatic heterocycles. The van der Waals surface area contributed by atoms with Crippen LogP contribution < -0.4 is 14.8 Å². The Morgan fingerprint density at radius 3 is 2.53 bits per heavy atom. The monoisotopic (exact) mass is 531 g/mol. The number of guanidine groups is 1. The summed E-state index contributed by atoms with van der Waals surface area (Å²) in [6, 6.07) is 5.83. The number of aryl methyl sites for hydroxylation is 1. The highest BCUT2D eigenvalue weighted by Gasteiger charge is 2.15. The maximum absolute atomic E-state index is 5.51. The van der Waals surface area contributed by atoms with Gasteiger partial charge in [0.05, 0.1) is 33.1 Å². The van der Waals surface area contributed by atoms with Crippen LogP contribution in [0.15, 0.2) is 23.2 Å². The molecule has 0 unspecified atom stereocenters. The molecule has 0 aliphatic carbocycles. The Morgan fingerprint density at radius 1 is 1.20 bits per heavy atom. The Labute approximate surface area is 196 Å². The van der Waals surface area contributed by atoms with E-state index in [2.05, 4.69) is 27.2 Å². The fourth-order valence-corrected chi connectivity index (χ4v) is 3.25. The maximum Gasteiger partial charge on any atom is 0.193 e. The Balaban J connectivity index is 0.00000450. The molecular weight excluding hydrogens is 497 g/mol. The largest absolute Gasteiger partial charge is 0.497 e. The van der Waals surface area contributed by atoms with Gasteiger partial charge in [-0.15, -0.1) is 24.0 Å². The number of ether oxygens (including phenoxy) is 3. The smallest absolute Gasteiger partial charge is 0.193 e. The van der Waals surface area contributed by atoms with Crippen LogP contribution in [0.4, 0.5) is 0 Å². The van der Waals surface area contributed by atoms with E-state index in [4.69, 9.17) is 14.2 Å². The lowest BCUT2D eigenvalue weighted by molar-refractivity contribution is 0.182. The molecule has 2 aromatic rings. The van der Waals surface area contributed by atoms with Gasteiger partial charge in [-0.05, 0) is 26.0 Å². The molecule has 0 radical (unpaired) electrons. The lowest BCUT2D eigenvalue weighted by atomic mass is 10.2. The summed E-state index contributed by atoms with van der Waals surface area (Å²) < 4.78 is 17.9. The Hall–Kier alpha value is -2.01. The number of aliphatic imine (C=N–C) groups is 1. The van der Waals surface area contributed by atoms with E-state index in [-0.39, 0.29) is 24.0 Å². The normalized spacial score (nSPS) is 11.1. The Morgan fingerprint density at radius 2 is 1.93 bits per heavy atom. The Kier molecular flexibility index (Phi) is 11.0. The van der Waals surface area contributed by atoms with Gasteiger partial charge in [0, 0.05) is 57.2 Å². The van der Waals surface area contributed by atoms with Crippen LogP contribution in [0.5, 0.6) is 11.5 Å². The van der Waals surface area contributed by atoms with Crippen molar-refractivity contribution in [3.05, 3.63) is 40.7 Å². The van der Waals surface area contributed by atoms with Crippen LogP contribution in [-0.2, 0) is 24.4 Å². The van der Waals surface area contributed by atoms with Crippen molar-refractivity contribution < 1.29 is 14.2 Å². The summed E-state index contributed by atoms with van der Waals surface area (Å²) >= 11 is 0. The molecule has 0 saturated carbocycles. The van der Waals surface area contributed by atoms with Gasteiger partial charge in [-0.3, -0.25) is 9.67 Å². The Bertz CT molecular complexity index is 838. The van der Waals surface area contributed by atoms with E-state index >= 15 is 0 Å². The lowest BCUT2D eigenvalue weighted by Gasteiger charge is -2.23. The molecule has 9 heteroatoms. The summed E-state index contributed by atoms with van der Waals surface area (Å²) in [5.74, 6) is 2.36. The van der Waals surface area contributed by atoms with E-state index in [1.54, 1.807) is 28.4 Å². The zero-order valence-corrected chi connectivity index (χ0v) is 21.3. The van der Waals surface area contributed by atoms with Gasteiger partial charge in [0.2, 0.25) is 0 Å². The number of rotatable bonds is 9. The average molecular weight is 531 g/mol. The number of hydrogen-bond acceptors (Lipinski definition) is 5. The highest BCUT2D eigenvalue weighted by atomic mass is 127. The molecule has 1 aromatic carbocycles. The first-order valence-corrected chi connectivity index (χ1v) is 9.59. The molecule has 168 valence electrons. The third-order valence-corrected chi connectivity index (χ3v) is 4.94. The van der Waals surface area contributed by atoms with Gasteiger partial charge >= 0.3 is 0 Å². The van der Waals surface area contributed by atoms with Gasteiger partial charge in [0.25, 0.3) is 0 Å². The quantitative estimate of drug-likeness (QED) is 0.305. The van der Waals surface area contributed by atoms with Gasteiger partial charge in [-0.1, -0.05) is 0 Å². The first-order valence-electron chi connectivity index (χ1n) is 9.59. The minimum atomic E-state index is 0. The van der Waals surface area contributed by atoms with Crippen molar-refractivity contribution in [2.24, 2.45) is 4.99 Å². The van der Waals surface area contributed by atoms with Crippen molar-refractivity contribution in [3.8, 4) is 11.5 Å². The summed E-state index contributed by atoms with van der Waals surface area (Å²) in [5, 5.41) is 8.06. The molecule has 0 bridgehead atoms. The highest BCUT2D eigenvalue weighted by molar-refractivity contribution is 14.0. The van der Waals surface area contributed by atoms with Gasteiger partial charge < -0.3 is 24.4 Å². The molecule has 0 amide bonds. The van der Waals surface area contributed by atoms with Crippen LogP contribution in [0, 0.1) is 13.8 Å². The number of benzene rings is 1. The van der Waals surface area contributed by atoms with Crippen molar-refractivity contribution >= 4 is 29.9 Å². The van der Waals surface area contributed by atoms with Gasteiger partial charge in [-0.25, -0.2) is 0 Å². The second-order valence-corrected chi connectivity index (χ2v) is 6.80. The van der Waals surface area contributed by atoms with E-state index < -0.39 is 0 Å². The molecule has 0 spiro atoms. The van der Waals surface area contributed by atoms with E-state index in [9.17, 15) is 0 Å².